The van der Waals surface area contributed by atoms with E-state index in [1.807, 2.05) is 0 Å². The van der Waals surface area contributed by atoms with Crippen LogP contribution in [-0.4, -0.2) is 45.6 Å². The summed E-state index contributed by atoms with van der Waals surface area (Å²) >= 11 is 0. The van der Waals surface area contributed by atoms with Crippen molar-refractivity contribution >= 4 is 15.9 Å². The van der Waals surface area contributed by atoms with Crippen LogP contribution in [0, 0.1) is 0 Å². The third-order valence-corrected chi connectivity index (χ3v) is 4.89. The molecule has 8 nitrogen and oxygen atoms in total. The van der Waals surface area contributed by atoms with E-state index in [9.17, 15) is 13.2 Å². The maximum atomic E-state index is 12.5. The van der Waals surface area contributed by atoms with Crippen molar-refractivity contribution in [3.8, 4) is 5.75 Å². The normalized spacial score (nSPS) is 12.7. The molecule has 9 heteroatoms. The number of sulfonamides is 1. The summed E-state index contributed by atoms with van der Waals surface area (Å²) in [5.74, 6) is -0.0503. The number of carbonyl (C=O) groups excluding carboxylic acids is 1. The predicted molar refractivity (Wildman–Crippen MR) is 86.3 cm³/mol. The SMILES string of the molecule is COc1ccc(S(=O)(=O)N[C@H](C)c2ccon2)cc1C(=O)N(C)C. The molecule has 0 unspecified atom stereocenters. The highest BCUT2D eigenvalue weighted by Crippen LogP contribution is 2.24. The van der Waals surface area contributed by atoms with Crippen LogP contribution < -0.4 is 9.46 Å². The number of amides is 1. The zero-order chi connectivity index (χ0) is 17.9. The lowest BCUT2D eigenvalue weighted by molar-refractivity contribution is 0.0824. The number of benzene rings is 1. The Balaban J connectivity index is 2.36. The number of carbonyl (C=O) groups is 1. The van der Waals surface area contributed by atoms with E-state index in [0.717, 1.165) is 0 Å². The summed E-state index contributed by atoms with van der Waals surface area (Å²) in [6.45, 7) is 1.64. The first-order valence-electron chi connectivity index (χ1n) is 7.08. The molecule has 0 bridgehead atoms. The second-order valence-corrected chi connectivity index (χ2v) is 7.04. The van der Waals surface area contributed by atoms with Crippen LogP contribution in [0.15, 0.2) is 39.9 Å². The van der Waals surface area contributed by atoms with Crippen LogP contribution >= 0.6 is 0 Å². The minimum atomic E-state index is -3.85. The van der Waals surface area contributed by atoms with Crippen molar-refractivity contribution in [2.75, 3.05) is 21.2 Å². The van der Waals surface area contributed by atoms with Crippen LogP contribution in [0.3, 0.4) is 0 Å². The number of ether oxygens (including phenoxy) is 1. The lowest BCUT2D eigenvalue weighted by Gasteiger charge is -2.16. The van der Waals surface area contributed by atoms with Crippen LogP contribution in [0.2, 0.25) is 0 Å². The molecule has 130 valence electrons. The first kappa shape index (κ1) is 18.0. The molecule has 2 rings (SSSR count). The summed E-state index contributed by atoms with van der Waals surface area (Å²) in [6, 6.07) is 5.11. The van der Waals surface area contributed by atoms with E-state index < -0.39 is 16.1 Å². The second-order valence-electron chi connectivity index (χ2n) is 5.33. The molecule has 1 amide bonds. The Hall–Kier alpha value is -2.39. The summed E-state index contributed by atoms with van der Waals surface area (Å²) in [4.78, 5) is 13.5. The average Bonchev–Trinajstić information content (AvgIpc) is 3.07. The molecule has 1 heterocycles. The molecule has 1 aromatic carbocycles. The molecule has 0 fully saturated rings. The van der Waals surface area contributed by atoms with Gasteiger partial charge in [-0.1, -0.05) is 5.16 Å². The molecule has 0 aliphatic heterocycles. The predicted octanol–water partition coefficient (Wildman–Crippen LogP) is 1.42. The van der Waals surface area contributed by atoms with Crippen LogP contribution in [0.5, 0.6) is 5.75 Å². The maximum Gasteiger partial charge on any atom is 0.257 e. The highest BCUT2D eigenvalue weighted by Gasteiger charge is 2.23. The first-order chi connectivity index (χ1) is 11.3. The van der Waals surface area contributed by atoms with Crippen LogP contribution in [0.25, 0.3) is 0 Å². The van der Waals surface area contributed by atoms with Gasteiger partial charge in [0.2, 0.25) is 10.0 Å². The number of nitrogens with one attached hydrogen (secondary N) is 1. The molecule has 1 atom stereocenters. The Bertz CT molecular complexity index is 816. The monoisotopic (exact) mass is 353 g/mol. The fourth-order valence-corrected chi connectivity index (χ4v) is 3.31. The second kappa shape index (κ2) is 7.02. The lowest BCUT2D eigenvalue weighted by atomic mass is 10.2. The number of hydrogen-bond donors (Lipinski definition) is 1. The molecule has 0 radical (unpaired) electrons. The van der Waals surface area contributed by atoms with Gasteiger partial charge in [-0.15, -0.1) is 0 Å². The zero-order valence-corrected chi connectivity index (χ0v) is 14.6. The van der Waals surface area contributed by atoms with E-state index in [0.29, 0.717) is 11.4 Å². The molecular formula is C15H19N3O5S. The average molecular weight is 353 g/mol. The van der Waals surface area contributed by atoms with Crippen molar-refractivity contribution < 1.29 is 22.5 Å². The lowest BCUT2D eigenvalue weighted by Crippen LogP contribution is -2.28. The first-order valence-corrected chi connectivity index (χ1v) is 8.57. The Morgan fingerprint density at radius 2 is 2.04 bits per heavy atom. The van der Waals surface area contributed by atoms with Crippen molar-refractivity contribution in [3.05, 3.63) is 41.8 Å². The summed E-state index contributed by atoms with van der Waals surface area (Å²) < 4.78 is 37.4. The minimum absolute atomic E-state index is 0.0381. The van der Waals surface area contributed by atoms with Crippen molar-refractivity contribution in [1.29, 1.82) is 0 Å². The number of nitrogens with zero attached hydrogens (tertiary/aromatic N) is 2. The van der Waals surface area contributed by atoms with E-state index in [1.54, 1.807) is 27.1 Å². The summed E-state index contributed by atoms with van der Waals surface area (Å²) in [5, 5.41) is 3.71. The topological polar surface area (TPSA) is 102 Å². The van der Waals surface area contributed by atoms with Crippen molar-refractivity contribution in [2.24, 2.45) is 0 Å². The molecular weight excluding hydrogens is 334 g/mol. The van der Waals surface area contributed by atoms with Gasteiger partial charge < -0.3 is 14.2 Å². The van der Waals surface area contributed by atoms with Gasteiger partial charge in [0.25, 0.3) is 5.91 Å². The summed E-state index contributed by atoms with van der Waals surface area (Å²) in [5.41, 5.74) is 0.621. The summed E-state index contributed by atoms with van der Waals surface area (Å²) in [6.07, 6.45) is 1.36. The van der Waals surface area contributed by atoms with E-state index in [4.69, 9.17) is 9.26 Å². The molecule has 2 aromatic rings. The molecule has 24 heavy (non-hydrogen) atoms. The molecule has 0 spiro atoms. The molecule has 0 aliphatic carbocycles. The molecule has 1 N–H and O–H groups in total. The third-order valence-electron chi connectivity index (χ3n) is 3.35. The van der Waals surface area contributed by atoms with Crippen LogP contribution in [-0.2, 0) is 10.0 Å². The van der Waals surface area contributed by atoms with Gasteiger partial charge in [-0.25, -0.2) is 13.1 Å². The highest BCUT2D eigenvalue weighted by atomic mass is 32.2. The van der Waals surface area contributed by atoms with Gasteiger partial charge in [0.1, 0.15) is 17.7 Å². The van der Waals surface area contributed by atoms with Gasteiger partial charge in [0.15, 0.2) is 0 Å². The Morgan fingerprint density at radius 1 is 1.33 bits per heavy atom. The van der Waals surface area contributed by atoms with Gasteiger partial charge in [0, 0.05) is 20.2 Å². The maximum absolute atomic E-state index is 12.5. The van der Waals surface area contributed by atoms with Crippen LogP contribution in [0.1, 0.15) is 29.0 Å². The van der Waals surface area contributed by atoms with Crippen molar-refractivity contribution in [3.63, 3.8) is 0 Å². The quantitative estimate of drug-likeness (QED) is 0.843. The number of hydrogen-bond acceptors (Lipinski definition) is 6. The fourth-order valence-electron chi connectivity index (χ4n) is 2.07. The Morgan fingerprint density at radius 3 is 2.58 bits per heavy atom. The van der Waals surface area contributed by atoms with E-state index in [1.165, 1.54) is 36.5 Å². The Kier molecular flexibility index (Phi) is 5.25. The fraction of sp³-hybridized carbons (Fsp3) is 0.333. The van der Waals surface area contributed by atoms with Gasteiger partial charge in [-0.3, -0.25) is 4.79 Å². The molecule has 0 saturated heterocycles. The Labute approximate surface area is 140 Å². The molecule has 0 saturated carbocycles. The highest BCUT2D eigenvalue weighted by molar-refractivity contribution is 7.89. The standard InChI is InChI=1S/C15H19N3O5S/c1-10(13-7-8-23-16-13)17-24(20,21)11-5-6-14(22-4)12(9-11)15(19)18(2)3/h5-10,17H,1-4H3/t10-/m1/s1. The van der Waals surface area contributed by atoms with E-state index >= 15 is 0 Å². The van der Waals surface area contributed by atoms with Crippen LogP contribution in [0.4, 0.5) is 0 Å². The van der Waals surface area contributed by atoms with Gasteiger partial charge in [0.05, 0.1) is 23.6 Å². The molecule has 0 aliphatic rings. The summed E-state index contributed by atoms with van der Waals surface area (Å²) in [7, 11) is 0.722. The number of aromatic nitrogens is 1. The number of rotatable bonds is 6. The third kappa shape index (κ3) is 3.74. The van der Waals surface area contributed by atoms with E-state index in [-0.39, 0.29) is 16.4 Å². The zero-order valence-electron chi connectivity index (χ0n) is 13.8. The van der Waals surface area contributed by atoms with Crippen molar-refractivity contribution in [2.45, 2.75) is 17.9 Å². The number of methoxy groups -OCH3 is 1. The van der Waals surface area contributed by atoms with Crippen molar-refractivity contribution in [1.82, 2.24) is 14.8 Å². The minimum Gasteiger partial charge on any atom is -0.496 e. The van der Waals surface area contributed by atoms with Gasteiger partial charge in [-0.05, 0) is 25.1 Å². The molecule has 1 aromatic heterocycles. The van der Waals surface area contributed by atoms with Gasteiger partial charge in [-0.2, -0.15) is 0 Å². The largest absolute Gasteiger partial charge is 0.496 e. The van der Waals surface area contributed by atoms with Gasteiger partial charge >= 0.3 is 0 Å². The smallest absolute Gasteiger partial charge is 0.257 e. The van der Waals surface area contributed by atoms with E-state index in [2.05, 4.69) is 9.88 Å².